The van der Waals surface area contributed by atoms with E-state index in [2.05, 4.69) is 6.92 Å². The molecule has 0 unspecified atom stereocenters. The SMILES string of the molecule is CCCCC(=O)N1CCN(C(=O)c2ccccc2Cl)CC1. The van der Waals surface area contributed by atoms with Crippen molar-refractivity contribution in [2.75, 3.05) is 26.2 Å². The van der Waals surface area contributed by atoms with E-state index in [0.29, 0.717) is 43.2 Å². The van der Waals surface area contributed by atoms with E-state index in [9.17, 15) is 9.59 Å². The first-order chi connectivity index (χ1) is 10.1. The summed E-state index contributed by atoms with van der Waals surface area (Å²) in [5.41, 5.74) is 0.532. The van der Waals surface area contributed by atoms with Crippen molar-refractivity contribution in [2.24, 2.45) is 0 Å². The van der Waals surface area contributed by atoms with E-state index in [0.717, 1.165) is 12.8 Å². The fraction of sp³-hybridized carbons (Fsp3) is 0.500. The molecule has 1 saturated heterocycles. The quantitative estimate of drug-likeness (QED) is 0.858. The second kappa shape index (κ2) is 7.46. The van der Waals surface area contributed by atoms with E-state index in [4.69, 9.17) is 11.6 Å². The molecule has 1 heterocycles. The number of nitrogens with zero attached hydrogens (tertiary/aromatic N) is 2. The zero-order valence-electron chi connectivity index (χ0n) is 12.3. The second-order valence-corrected chi connectivity index (χ2v) is 5.66. The number of benzene rings is 1. The summed E-state index contributed by atoms with van der Waals surface area (Å²) in [6.07, 6.45) is 2.56. The molecule has 0 bridgehead atoms. The van der Waals surface area contributed by atoms with E-state index in [1.165, 1.54) is 0 Å². The fourth-order valence-electron chi connectivity index (χ4n) is 2.45. The van der Waals surface area contributed by atoms with E-state index < -0.39 is 0 Å². The molecule has 0 spiro atoms. The van der Waals surface area contributed by atoms with Crippen molar-refractivity contribution in [1.29, 1.82) is 0 Å². The van der Waals surface area contributed by atoms with Gasteiger partial charge in [0.1, 0.15) is 0 Å². The van der Waals surface area contributed by atoms with Crippen molar-refractivity contribution in [2.45, 2.75) is 26.2 Å². The van der Waals surface area contributed by atoms with Crippen LogP contribution in [0.3, 0.4) is 0 Å². The first kappa shape index (κ1) is 15.8. The Kier molecular flexibility index (Phi) is 5.62. The molecule has 21 heavy (non-hydrogen) atoms. The van der Waals surface area contributed by atoms with Gasteiger partial charge in [0.2, 0.25) is 5.91 Å². The zero-order valence-corrected chi connectivity index (χ0v) is 13.1. The Morgan fingerprint density at radius 2 is 1.71 bits per heavy atom. The number of carbonyl (C=O) groups is 2. The van der Waals surface area contributed by atoms with Gasteiger partial charge >= 0.3 is 0 Å². The lowest BCUT2D eigenvalue weighted by atomic mass is 10.1. The minimum Gasteiger partial charge on any atom is -0.339 e. The molecule has 2 amide bonds. The predicted molar refractivity (Wildman–Crippen MR) is 83.5 cm³/mol. The van der Waals surface area contributed by atoms with E-state index in [1.807, 2.05) is 17.0 Å². The van der Waals surface area contributed by atoms with Crippen LogP contribution in [0.25, 0.3) is 0 Å². The van der Waals surface area contributed by atoms with Crippen LogP contribution in [0.1, 0.15) is 36.5 Å². The number of piperazine rings is 1. The van der Waals surface area contributed by atoms with Crippen LogP contribution >= 0.6 is 11.6 Å². The van der Waals surface area contributed by atoms with Crippen molar-refractivity contribution in [3.05, 3.63) is 34.9 Å². The highest BCUT2D eigenvalue weighted by molar-refractivity contribution is 6.33. The first-order valence-electron chi connectivity index (χ1n) is 7.45. The molecule has 1 aliphatic rings. The van der Waals surface area contributed by atoms with Gasteiger partial charge in [-0.1, -0.05) is 37.1 Å². The zero-order chi connectivity index (χ0) is 15.2. The number of halogens is 1. The topological polar surface area (TPSA) is 40.6 Å². The van der Waals surface area contributed by atoms with Gasteiger partial charge in [-0.25, -0.2) is 0 Å². The van der Waals surface area contributed by atoms with E-state index in [1.54, 1.807) is 17.0 Å². The van der Waals surface area contributed by atoms with Gasteiger partial charge in [-0.2, -0.15) is 0 Å². The van der Waals surface area contributed by atoms with Gasteiger partial charge in [0.25, 0.3) is 5.91 Å². The Labute approximate surface area is 130 Å². The van der Waals surface area contributed by atoms with Crippen LogP contribution in [0.5, 0.6) is 0 Å². The highest BCUT2D eigenvalue weighted by Crippen LogP contribution is 2.18. The number of amides is 2. The highest BCUT2D eigenvalue weighted by Gasteiger charge is 2.25. The summed E-state index contributed by atoms with van der Waals surface area (Å²) in [4.78, 5) is 28.0. The Morgan fingerprint density at radius 1 is 1.10 bits per heavy atom. The maximum atomic E-state index is 12.4. The smallest absolute Gasteiger partial charge is 0.255 e. The molecule has 1 fully saturated rings. The third-order valence-electron chi connectivity index (χ3n) is 3.77. The average molecular weight is 309 g/mol. The molecular formula is C16H21ClN2O2. The van der Waals surface area contributed by atoms with Gasteiger partial charge in [0.15, 0.2) is 0 Å². The van der Waals surface area contributed by atoms with Crippen molar-refractivity contribution in [1.82, 2.24) is 9.80 Å². The maximum absolute atomic E-state index is 12.4. The number of hydrogen-bond acceptors (Lipinski definition) is 2. The molecule has 0 N–H and O–H groups in total. The third kappa shape index (κ3) is 3.97. The fourth-order valence-corrected chi connectivity index (χ4v) is 2.67. The van der Waals surface area contributed by atoms with Gasteiger partial charge in [-0.3, -0.25) is 9.59 Å². The summed E-state index contributed by atoms with van der Waals surface area (Å²) >= 11 is 6.06. The first-order valence-corrected chi connectivity index (χ1v) is 7.83. The third-order valence-corrected chi connectivity index (χ3v) is 4.10. The summed E-state index contributed by atoms with van der Waals surface area (Å²) in [6, 6.07) is 7.08. The van der Waals surface area contributed by atoms with Gasteiger partial charge < -0.3 is 9.80 Å². The van der Waals surface area contributed by atoms with Crippen molar-refractivity contribution in [3.8, 4) is 0 Å². The minimum atomic E-state index is -0.0544. The lowest BCUT2D eigenvalue weighted by Crippen LogP contribution is -2.50. The minimum absolute atomic E-state index is 0.0544. The maximum Gasteiger partial charge on any atom is 0.255 e. The van der Waals surface area contributed by atoms with Crippen LogP contribution in [0.2, 0.25) is 5.02 Å². The Morgan fingerprint density at radius 3 is 2.33 bits per heavy atom. The molecule has 0 saturated carbocycles. The van der Waals surface area contributed by atoms with Crippen LogP contribution in [0, 0.1) is 0 Å². The number of hydrogen-bond donors (Lipinski definition) is 0. The second-order valence-electron chi connectivity index (χ2n) is 5.26. The Balaban J connectivity index is 1.91. The van der Waals surface area contributed by atoms with E-state index >= 15 is 0 Å². The van der Waals surface area contributed by atoms with Crippen LogP contribution in [0.15, 0.2) is 24.3 Å². The normalized spacial score (nSPS) is 15.1. The summed E-state index contributed by atoms with van der Waals surface area (Å²) in [7, 11) is 0. The summed E-state index contributed by atoms with van der Waals surface area (Å²) in [5, 5.41) is 0.476. The molecule has 1 aliphatic heterocycles. The van der Waals surface area contributed by atoms with Crippen molar-refractivity contribution < 1.29 is 9.59 Å². The Bertz CT molecular complexity index is 511. The van der Waals surface area contributed by atoms with Crippen LogP contribution in [-0.4, -0.2) is 47.8 Å². The molecule has 114 valence electrons. The standard InChI is InChI=1S/C16H21ClN2O2/c1-2-3-8-15(20)18-9-11-19(12-10-18)16(21)13-6-4-5-7-14(13)17/h4-7H,2-3,8-12H2,1H3. The largest absolute Gasteiger partial charge is 0.339 e. The number of rotatable bonds is 4. The van der Waals surface area contributed by atoms with E-state index in [-0.39, 0.29) is 11.8 Å². The molecule has 0 atom stereocenters. The molecule has 1 aromatic carbocycles. The molecule has 4 nitrogen and oxygen atoms in total. The molecule has 0 aliphatic carbocycles. The monoisotopic (exact) mass is 308 g/mol. The van der Waals surface area contributed by atoms with Crippen LogP contribution < -0.4 is 0 Å². The van der Waals surface area contributed by atoms with Gasteiger partial charge in [-0.05, 0) is 18.6 Å². The lowest BCUT2D eigenvalue weighted by Gasteiger charge is -2.35. The molecule has 2 rings (SSSR count). The average Bonchev–Trinajstić information content (AvgIpc) is 2.52. The molecule has 5 heteroatoms. The van der Waals surface area contributed by atoms with Crippen LogP contribution in [0.4, 0.5) is 0 Å². The molecular weight excluding hydrogens is 288 g/mol. The number of carbonyl (C=O) groups excluding carboxylic acids is 2. The summed E-state index contributed by atoms with van der Waals surface area (Å²) in [6.45, 7) is 4.44. The molecule has 1 aromatic rings. The summed E-state index contributed by atoms with van der Waals surface area (Å²) in [5.74, 6) is 0.142. The van der Waals surface area contributed by atoms with Gasteiger partial charge in [0, 0.05) is 32.6 Å². The summed E-state index contributed by atoms with van der Waals surface area (Å²) < 4.78 is 0. The van der Waals surface area contributed by atoms with Crippen LogP contribution in [-0.2, 0) is 4.79 Å². The highest BCUT2D eigenvalue weighted by atomic mass is 35.5. The van der Waals surface area contributed by atoms with Crippen molar-refractivity contribution >= 4 is 23.4 Å². The Hall–Kier alpha value is -1.55. The predicted octanol–water partition coefficient (Wildman–Crippen LogP) is 2.81. The number of unbranched alkanes of at least 4 members (excludes halogenated alkanes) is 1. The van der Waals surface area contributed by atoms with Gasteiger partial charge in [-0.15, -0.1) is 0 Å². The van der Waals surface area contributed by atoms with Crippen molar-refractivity contribution in [3.63, 3.8) is 0 Å². The van der Waals surface area contributed by atoms with Gasteiger partial charge in [0.05, 0.1) is 10.6 Å². The molecule has 0 radical (unpaired) electrons. The molecule has 0 aromatic heterocycles. The lowest BCUT2D eigenvalue weighted by molar-refractivity contribution is -0.132.